The number of nitrogens with one attached hydrogen (secondary N) is 2. The van der Waals surface area contributed by atoms with E-state index in [-0.39, 0.29) is 6.04 Å². The van der Waals surface area contributed by atoms with Crippen LogP contribution in [0.15, 0.2) is 42.5 Å². The third-order valence-corrected chi connectivity index (χ3v) is 4.46. The molecular formula is C20H26N2S. The predicted molar refractivity (Wildman–Crippen MR) is 104 cm³/mol. The average molecular weight is 327 g/mol. The van der Waals surface area contributed by atoms with E-state index in [9.17, 15) is 0 Å². The van der Waals surface area contributed by atoms with E-state index in [4.69, 9.17) is 12.2 Å². The normalized spacial score (nSPS) is 12.1. The van der Waals surface area contributed by atoms with E-state index >= 15 is 0 Å². The number of thiocarbonyl (C=S) groups is 1. The molecular weight excluding hydrogens is 300 g/mol. The van der Waals surface area contributed by atoms with Crippen LogP contribution in [0.2, 0.25) is 0 Å². The first-order valence-corrected chi connectivity index (χ1v) is 8.49. The zero-order chi connectivity index (χ0) is 17.0. The van der Waals surface area contributed by atoms with Crippen LogP contribution in [-0.4, -0.2) is 5.11 Å². The number of benzene rings is 2. The highest BCUT2D eigenvalue weighted by Crippen LogP contribution is 2.25. The molecule has 0 saturated carbocycles. The summed E-state index contributed by atoms with van der Waals surface area (Å²) in [6, 6.07) is 15.0. The van der Waals surface area contributed by atoms with Crippen LogP contribution in [0.25, 0.3) is 0 Å². The standard InChI is InChI=1S/C20H26N2S/c1-13(2)19(18-9-7-6-8-15(18)4)22-20(23)21-17-11-10-14(3)16(5)12-17/h6-13,19H,1-5H3,(H2,21,22,23)/t19-/m0/s1. The first kappa shape index (κ1) is 17.5. The zero-order valence-electron chi connectivity index (χ0n) is 14.6. The summed E-state index contributed by atoms with van der Waals surface area (Å²) in [5.41, 5.74) is 6.16. The summed E-state index contributed by atoms with van der Waals surface area (Å²) in [5.74, 6) is 0.440. The van der Waals surface area contributed by atoms with Crippen LogP contribution in [0.3, 0.4) is 0 Å². The maximum absolute atomic E-state index is 5.53. The van der Waals surface area contributed by atoms with E-state index in [1.165, 1.54) is 22.3 Å². The minimum absolute atomic E-state index is 0.197. The van der Waals surface area contributed by atoms with Gasteiger partial charge in [-0.25, -0.2) is 0 Å². The largest absolute Gasteiger partial charge is 0.355 e. The molecule has 122 valence electrons. The molecule has 2 aromatic carbocycles. The molecule has 0 spiro atoms. The van der Waals surface area contributed by atoms with Gasteiger partial charge < -0.3 is 10.6 Å². The van der Waals surface area contributed by atoms with Crippen molar-refractivity contribution in [2.75, 3.05) is 5.32 Å². The monoisotopic (exact) mass is 326 g/mol. The summed E-state index contributed by atoms with van der Waals surface area (Å²) in [4.78, 5) is 0. The molecule has 2 nitrogen and oxygen atoms in total. The molecule has 0 aliphatic carbocycles. The molecule has 0 unspecified atom stereocenters. The number of hydrogen-bond acceptors (Lipinski definition) is 1. The highest BCUT2D eigenvalue weighted by Gasteiger charge is 2.18. The van der Waals surface area contributed by atoms with Gasteiger partial charge in [-0.15, -0.1) is 0 Å². The SMILES string of the molecule is Cc1ccc(NC(=S)N[C@H](c2ccccc2C)C(C)C)cc1C. The van der Waals surface area contributed by atoms with Gasteiger partial charge in [0.2, 0.25) is 0 Å². The lowest BCUT2D eigenvalue weighted by Gasteiger charge is -2.26. The van der Waals surface area contributed by atoms with Crippen LogP contribution < -0.4 is 10.6 Å². The lowest BCUT2D eigenvalue weighted by atomic mass is 9.93. The van der Waals surface area contributed by atoms with Crippen LogP contribution in [0, 0.1) is 26.7 Å². The molecule has 0 aliphatic rings. The maximum Gasteiger partial charge on any atom is 0.171 e. The van der Waals surface area contributed by atoms with Gasteiger partial charge in [0.1, 0.15) is 0 Å². The van der Waals surface area contributed by atoms with E-state index in [1.54, 1.807) is 0 Å². The second kappa shape index (κ2) is 7.60. The van der Waals surface area contributed by atoms with Gasteiger partial charge in [-0.05, 0) is 73.3 Å². The second-order valence-electron chi connectivity index (χ2n) is 6.48. The van der Waals surface area contributed by atoms with Crippen LogP contribution in [0.1, 0.15) is 42.1 Å². The molecule has 0 heterocycles. The van der Waals surface area contributed by atoms with Crippen molar-refractivity contribution >= 4 is 23.0 Å². The highest BCUT2D eigenvalue weighted by molar-refractivity contribution is 7.80. The Labute approximate surface area is 145 Å². The molecule has 0 fully saturated rings. The molecule has 0 amide bonds. The van der Waals surface area contributed by atoms with Gasteiger partial charge in [0.15, 0.2) is 5.11 Å². The molecule has 0 aliphatic heterocycles. The Morgan fingerprint density at radius 3 is 2.22 bits per heavy atom. The molecule has 0 bridgehead atoms. The molecule has 0 saturated heterocycles. The van der Waals surface area contributed by atoms with E-state index in [1.807, 2.05) is 0 Å². The van der Waals surface area contributed by atoms with Gasteiger partial charge >= 0.3 is 0 Å². The second-order valence-corrected chi connectivity index (χ2v) is 6.88. The molecule has 3 heteroatoms. The lowest BCUT2D eigenvalue weighted by Crippen LogP contribution is -2.35. The molecule has 0 aromatic heterocycles. The summed E-state index contributed by atoms with van der Waals surface area (Å²) < 4.78 is 0. The topological polar surface area (TPSA) is 24.1 Å². The fourth-order valence-electron chi connectivity index (χ4n) is 2.67. The van der Waals surface area contributed by atoms with Crippen molar-refractivity contribution in [2.45, 2.75) is 40.7 Å². The zero-order valence-corrected chi connectivity index (χ0v) is 15.4. The van der Waals surface area contributed by atoms with Crippen molar-refractivity contribution in [1.29, 1.82) is 0 Å². The molecule has 2 aromatic rings. The summed E-state index contributed by atoms with van der Waals surface area (Å²) >= 11 is 5.53. The highest BCUT2D eigenvalue weighted by atomic mass is 32.1. The molecule has 1 atom stereocenters. The Balaban J connectivity index is 2.12. The molecule has 2 rings (SSSR count). The summed E-state index contributed by atoms with van der Waals surface area (Å²) in [7, 11) is 0. The minimum atomic E-state index is 0.197. The van der Waals surface area contributed by atoms with Crippen molar-refractivity contribution in [3.05, 3.63) is 64.7 Å². The molecule has 23 heavy (non-hydrogen) atoms. The van der Waals surface area contributed by atoms with E-state index in [2.05, 4.69) is 87.7 Å². The minimum Gasteiger partial charge on any atom is -0.355 e. The fraction of sp³-hybridized carbons (Fsp3) is 0.350. The summed E-state index contributed by atoms with van der Waals surface area (Å²) in [6.07, 6.45) is 0. The molecule has 2 N–H and O–H groups in total. The van der Waals surface area contributed by atoms with Crippen molar-refractivity contribution in [2.24, 2.45) is 5.92 Å². The van der Waals surface area contributed by atoms with Gasteiger partial charge in [0, 0.05) is 5.69 Å². The maximum atomic E-state index is 5.53. The van der Waals surface area contributed by atoms with Gasteiger partial charge in [-0.3, -0.25) is 0 Å². The first-order valence-electron chi connectivity index (χ1n) is 8.08. The van der Waals surface area contributed by atoms with Gasteiger partial charge in [-0.2, -0.15) is 0 Å². The molecule has 0 radical (unpaired) electrons. The fourth-order valence-corrected chi connectivity index (χ4v) is 2.91. The van der Waals surface area contributed by atoms with E-state index < -0.39 is 0 Å². The van der Waals surface area contributed by atoms with E-state index in [0.717, 1.165) is 5.69 Å². The van der Waals surface area contributed by atoms with Crippen molar-refractivity contribution < 1.29 is 0 Å². The third-order valence-electron chi connectivity index (χ3n) is 4.24. The van der Waals surface area contributed by atoms with Crippen molar-refractivity contribution in [3.8, 4) is 0 Å². The third kappa shape index (κ3) is 4.55. The number of anilines is 1. The van der Waals surface area contributed by atoms with Crippen LogP contribution in [0.4, 0.5) is 5.69 Å². The quantitative estimate of drug-likeness (QED) is 0.746. The number of rotatable bonds is 4. The Morgan fingerprint density at radius 1 is 0.913 bits per heavy atom. The van der Waals surface area contributed by atoms with Crippen LogP contribution >= 0.6 is 12.2 Å². The van der Waals surface area contributed by atoms with Gasteiger partial charge in [0.25, 0.3) is 0 Å². The van der Waals surface area contributed by atoms with Crippen molar-refractivity contribution in [1.82, 2.24) is 5.32 Å². The van der Waals surface area contributed by atoms with Crippen molar-refractivity contribution in [3.63, 3.8) is 0 Å². The summed E-state index contributed by atoms with van der Waals surface area (Å²) in [5, 5.41) is 7.44. The number of hydrogen-bond donors (Lipinski definition) is 2. The smallest absolute Gasteiger partial charge is 0.171 e. The Bertz CT molecular complexity index is 692. The van der Waals surface area contributed by atoms with Crippen LogP contribution in [-0.2, 0) is 0 Å². The number of aryl methyl sites for hydroxylation is 3. The lowest BCUT2D eigenvalue weighted by molar-refractivity contribution is 0.471. The Hall–Kier alpha value is -1.87. The Kier molecular flexibility index (Phi) is 5.78. The first-order chi connectivity index (χ1) is 10.9. The summed E-state index contributed by atoms with van der Waals surface area (Å²) in [6.45, 7) is 10.8. The predicted octanol–water partition coefficient (Wildman–Crippen LogP) is 5.30. The Morgan fingerprint density at radius 2 is 1.61 bits per heavy atom. The van der Waals surface area contributed by atoms with Gasteiger partial charge in [0.05, 0.1) is 6.04 Å². The average Bonchev–Trinajstić information content (AvgIpc) is 2.49. The van der Waals surface area contributed by atoms with Crippen LogP contribution in [0.5, 0.6) is 0 Å². The van der Waals surface area contributed by atoms with E-state index in [0.29, 0.717) is 11.0 Å². The van der Waals surface area contributed by atoms with Gasteiger partial charge in [-0.1, -0.05) is 44.2 Å².